The van der Waals surface area contributed by atoms with E-state index in [1.54, 1.807) is 4.90 Å². The van der Waals surface area contributed by atoms with Gasteiger partial charge in [-0.25, -0.2) is 4.79 Å². The van der Waals surface area contributed by atoms with Crippen molar-refractivity contribution in [2.24, 2.45) is 0 Å². The number of nitrogens with one attached hydrogen (secondary N) is 1. The Morgan fingerprint density at radius 1 is 1.32 bits per heavy atom. The van der Waals surface area contributed by atoms with E-state index < -0.39 is 0 Å². The van der Waals surface area contributed by atoms with E-state index in [4.69, 9.17) is 0 Å². The number of pyridine rings is 1. The quantitative estimate of drug-likeness (QED) is 0.901. The van der Waals surface area contributed by atoms with Crippen LogP contribution in [0.3, 0.4) is 0 Å². The van der Waals surface area contributed by atoms with Crippen molar-refractivity contribution in [3.63, 3.8) is 0 Å². The molecule has 1 aromatic heterocycles. The van der Waals surface area contributed by atoms with Crippen LogP contribution in [-0.4, -0.2) is 42.1 Å². The summed E-state index contributed by atoms with van der Waals surface area (Å²) in [5, 5.41) is 2.85. The molecule has 2 aliphatic heterocycles. The third kappa shape index (κ3) is 2.30. The van der Waals surface area contributed by atoms with Crippen molar-refractivity contribution >= 4 is 11.7 Å². The van der Waals surface area contributed by atoms with Gasteiger partial charge in [0.15, 0.2) is 0 Å². The number of carbonyl (C=O) groups excluding carboxylic acids is 1. The third-order valence-electron chi connectivity index (χ3n) is 4.05. The van der Waals surface area contributed by atoms with Gasteiger partial charge in [0.25, 0.3) is 0 Å². The first-order valence-electron chi connectivity index (χ1n) is 7.01. The Labute approximate surface area is 113 Å². The smallest absolute Gasteiger partial charge is 0.322 e. The minimum Gasteiger partial charge on any atom is -0.336 e. The molecule has 1 atom stereocenters. The monoisotopic (exact) mass is 260 g/mol. The predicted octanol–water partition coefficient (Wildman–Crippen LogP) is 1.77. The average Bonchev–Trinajstić information content (AvgIpc) is 3.09. The lowest BCUT2D eigenvalue weighted by molar-refractivity contribution is 0.250. The Bertz CT molecular complexity index is 470. The van der Waals surface area contributed by atoms with Crippen molar-refractivity contribution < 1.29 is 4.79 Å². The second-order valence-corrected chi connectivity index (χ2v) is 5.21. The third-order valence-corrected chi connectivity index (χ3v) is 4.05. The van der Waals surface area contributed by atoms with E-state index in [2.05, 4.69) is 22.1 Å². The summed E-state index contributed by atoms with van der Waals surface area (Å²) in [4.78, 5) is 20.6. The SMILES string of the molecule is CC(c1ncccc1N1CCNC1=O)N1CCCC1. The molecule has 0 bridgehead atoms. The molecule has 3 heterocycles. The zero-order chi connectivity index (χ0) is 13.2. The fraction of sp³-hybridized carbons (Fsp3) is 0.571. The fourth-order valence-electron chi connectivity index (χ4n) is 2.96. The highest BCUT2D eigenvalue weighted by atomic mass is 16.2. The maximum atomic E-state index is 11.8. The maximum absolute atomic E-state index is 11.8. The first kappa shape index (κ1) is 12.4. The molecule has 0 aliphatic carbocycles. The molecule has 3 rings (SSSR count). The number of urea groups is 1. The largest absolute Gasteiger partial charge is 0.336 e. The van der Waals surface area contributed by atoms with E-state index in [1.165, 1.54) is 12.8 Å². The zero-order valence-corrected chi connectivity index (χ0v) is 11.3. The zero-order valence-electron chi connectivity index (χ0n) is 11.3. The normalized spacial score (nSPS) is 21.7. The number of carbonyl (C=O) groups is 1. The summed E-state index contributed by atoms with van der Waals surface area (Å²) in [6, 6.07) is 4.16. The second-order valence-electron chi connectivity index (χ2n) is 5.21. The molecule has 2 fully saturated rings. The molecule has 0 radical (unpaired) electrons. The average molecular weight is 260 g/mol. The van der Waals surface area contributed by atoms with Gasteiger partial charge < -0.3 is 5.32 Å². The summed E-state index contributed by atoms with van der Waals surface area (Å²) in [5.41, 5.74) is 1.97. The van der Waals surface area contributed by atoms with Gasteiger partial charge >= 0.3 is 6.03 Å². The molecule has 5 nitrogen and oxygen atoms in total. The molecular weight excluding hydrogens is 240 g/mol. The summed E-state index contributed by atoms with van der Waals surface area (Å²) < 4.78 is 0. The number of rotatable bonds is 3. The summed E-state index contributed by atoms with van der Waals surface area (Å²) >= 11 is 0. The Morgan fingerprint density at radius 3 is 2.79 bits per heavy atom. The molecule has 5 heteroatoms. The van der Waals surface area contributed by atoms with Crippen LogP contribution in [0.4, 0.5) is 10.5 Å². The van der Waals surface area contributed by atoms with Crippen LogP contribution in [0.25, 0.3) is 0 Å². The van der Waals surface area contributed by atoms with E-state index in [-0.39, 0.29) is 12.1 Å². The molecule has 2 saturated heterocycles. The number of likely N-dealkylation sites (tertiary alicyclic amines) is 1. The lowest BCUT2D eigenvalue weighted by Crippen LogP contribution is -2.31. The predicted molar refractivity (Wildman–Crippen MR) is 74.2 cm³/mol. The van der Waals surface area contributed by atoms with Crippen LogP contribution in [0.15, 0.2) is 18.3 Å². The van der Waals surface area contributed by atoms with E-state index >= 15 is 0 Å². The molecule has 19 heavy (non-hydrogen) atoms. The van der Waals surface area contributed by atoms with Gasteiger partial charge in [0.2, 0.25) is 0 Å². The molecule has 0 aromatic carbocycles. The van der Waals surface area contributed by atoms with E-state index in [9.17, 15) is 4.79 Å². The lowest BCUT2D eigenvalue weighted by Gasteiger charge is -2.27. The molecule has 1 unspecified atom stereocenters. The summed E-state index contributed by atoms with van der Waals surface area (Å²) in [7, 11) is 0. The summed E-state index contributed by atoms with van der Waals surface area (Å²) in [6.45, 7) is 5.88. The Kier molecular flexibility index (Phi) is 3.38. The number of aromatic nitrogens is 1. The van der Waals surface area contributed by atoms with Gasteiger partial charge in [-0.2, -0.15) is 0 Å². The van der Waals surface area contributed by atoms with Crippen LogP contribution in [-0.2, 0) is 0 Å². The van der Waals surface area contributed by atoms with Gasteiger partial charge in [-0.3, -0.25) is 14.8 Å². The molecule has 2 aliphatic rings. The maximum Gasteiger partial charge on any atom is 0.322 e. The van der Waals surface area contributed by atoms with Gasteiger partial charge in [0.1, 0.15) is 0 Å². The standard InChI is InChI=1S/C14H20N4O/c1-11(17-8-2-3-9-17)13-12(5-4-6-15-13)18-10-7-16-14(18)19/h4-6,11H,2-3,7-10H2,1H3,(H,16,19). The van der Waals surface area contributed by atoms with Crippen molar-refractivity contribution in [1.82, 2.24) is 15.2 Å². The summed E-state index contributed by atoms with van der Waals surface area (Å²) in [6.07, 6.45) is 4.34. The number of anilines is 1. The van der Waals surface area contributed by atoms with Crippen molar-refractivity contribution in [3.05, 3.63) is 24.0 Å². The topological polar surface area (TPSA) is 48.5 Å². The van der Waals surface area contributed by atoms with Crippen LogP contribution in [0.1, 0.15) is 31.5 Å². The number of hydrogen-bond donors (Lipinski definition) is 1. The number of amides is 2. The van der Waals surface area contributed by atoms with Crippen LogP contribution in [0.2, 0.25) is 0 Å². The van der Waals surface area contributed by atoms with E-state index in [1.807, 2.05) is 18.3 Å². The molecule has 2 amide bonds. The number of hydrogen-bond acceptors (Lipinski definition) is 3. The first-order valence-corrected chi connectivity index (χ1v) is 7.01. The van der Waals surface area contributed by atoms with Crippen LogP contribution in [0.5, 0.6) is 0 Å². The highest BCUT2D eigenvalue weighted by Gasteiger charge is 2.28. The van der Waals surface area contributed by atoms with Gasteiger partial charge in [0, 0.05) is 19.3 Å². The molecule has 0 spiro atoms. The number of nitrogens with zero attached hydrogens (tertiary/aromatic N) is 3. The molecule has 102 valence electrons. The van der Waals surface area contributed by atoms with Crippen LogP contribution in [0, 0.1) is 0 Å². The Morgan fingerprint density at radius 2 is 2.11 bits per heavy atom. The van der Waals surface area contributed by atoms with Crippen molar-refractivity contribution in [3.8, 4) is 0 Å². The van der Waals surface area contributed by atoms with E-state index in [0.29, 0.717) is 6.54 Å². The van der Waals surface area contributed by atoms with Crippen molar-refractivity contribution in [2.75, 3.05) is 31.1 Å². The Hall–Kier alpha value is -1.62. The lowest BCUT2D eigenvalue weighted by atomic mass is 10.1. The molecule has 0 saturated carbocycles. The van der Waals surface area contributed by atoms with Crippen LogP contribution < -0.4 is 10.2 Å². The van der Waals surface area contributed by atoms with Crippen LogP contribution >= 0.6 is 0 Å². The first-order chi connectivity index (χ1) is 9.27. The minimum absolute atomic E-state index is 0.0112. The Balaban J connectivity index is 1.90. The summed E-state index contributed by atoms with van der Waals surface area (Å²) in [5.74, 6) is 0. The fourth-order valence-corrected chi connectivity index (χ4v) is 2.96. The second kappa shape index (κ2) is 5.17. The minimum atomic E-state index is -0.0112. The van der Waals surface area contributed by atoms with Gasteiger partial charge in [-0.15, -0.1) is 0 Å². The van der Waals surface area contributed by atoms with Crippen molar-refractivity contribution in [1.29, 1.82) is 0 Å². The highest BCUT2D eigenvalue weighted by molar-refractivity contribution is 5.94. The molecule has 1 N–H and O–H groups in total. The van der Waals surface area contributed by atoms with Gasteiger partial charge in [-0.1, -0.05) is 0 Å². The highest BCUT2D eigenvalue weighted by Crippen LogP contribution is 2.30. The van der Waals surface area contributed by atoms with Gasteiger partial charge in [0.05, 0.1) is 17.4 Å². The molecule has 1 aromatic rings. The van der Waals surface area contributed by atoms with Gasteiger partial charge in [-0.05, 0) is 45.0 Å². The molecular formula is C14H20N4O. The van der Waals surface area contributed by atoms with Crippen molar-refractivity contribution in [2.45, 2.75) is 25.8 Å². The van der Waals surface area contributed by atoms with E-state index in [0.717, 1.165) is 31.0 Å².